The number of ether oxygens (including phenoxy) is 1. The molecule has 0 aliphatic rings. The number of likely N-dealkylation sites (N-methyl/N-ethyl adjacent to an activating group) is 1. The van der Waals surface area contributed by atoms with Gasteiger partial charge in [-0.1, -0.05) is 36.2 Å². The molecule has 0 saturated heterocycles. The maximum absolute atomic E-state index is 8.42. The number of aliphatic hydroxyl groups is 2. The van der Waals surface area contributed by atoms with Gasteiger partial charge in [0.2, 0.25) is 0 Å². The van der Waals surface area contributed by atoms with Crippen LogP contribution in [0.15, 0.2) is 0 Å². The van der Waals surface area contributed by atoms with Crippen molar-refractivity contribution in [1.29, 1.82) is 0 Å². The molecule has 0 fully saturated rings. The van der Waals surface area contributed by atoms with Crippen molar-refractivity contribution in [2.45, 2.75) is 33.1 Å². The van der Waals surface area contributed by atoms with Gasteiger partial charge in [0.15, 0.2) is 0 Å². The standard InChI is InChI=1S/C6H15NO.C4H10O.C3H7BrO/c1-3-4-7(2)5-6-8;1-2-3-4-5;1-5-3-2-4/h8H,3-6H2,1-2H3;5H,2-4H2,1H3;2-3H2,1H3. The lowest BCUT2D eigenvalue weighted by Crippen LogP contribution is -2.22. The maximum atomic E-state index is 8.42. The quantitative estimate of drug-likeness (QED) is 0.670. The molecule has 2 N–H and O–H groups in total. The van der Waals surface area contributed by atoms with Crippen LogP contribution in [0, 0.1) is 0 Å². The van der Waals surface area contributed by atoms with Crippen LogP contribution in [-0.4, -0.2) is 67.5 Å². The van der Waals surface area contributed by atoms with Crippen LogP contribution in [-0.2, 0) is 4.74 Å². The van der Waals surface area contributed by atoms with E-state index in [0.29, 0.717) is 6.61 Å². The van der Waals surface area contributed by atoms with Gasteiger partial charge in [0.25, 0.3) is 0 Å². The molecule has 0 aliphatic heterocycles. The average Bonchev–Trinajstić information content (AvgIpc) is 2.33. The first-order valence-corrected chi connectivity index (χ1v) is 7.71. The van der Waals surface area contributed by atoms with Crippen molar-refractivity contribution in [2.24, 2.45) is 0 Å². The Balaban J connectivity index is -0.000000197. The molecule has 0 aromatic heterocycles. The average molecular weight is 330 g/mol. The van der Waals surface area contributed by atoms with E-state index >= 15 is 0 Å². The summed E-state index contributed by atoms with van der Waals surface area (Å²) in [7, 11) is 3.70. The second kappa shape index (κ2) is 26.0. The molecule has 0 bridgehead atoms. The van der Waals surface area contributed by atoms with Gasteiger partial charge in [0, 0.05) is 25.6 Å². The lowest BCUT2D eigenvalue weighted by atomic mass is 10.4. The molecule has 18 heavy (non-hydrogen) atoms. The highest BCUT2D eigenvalue weighted by molar-refractivity contribution is 9.09. The van der Waals surface area contributed by atoms with Crippen LogP contribution in [0.4, 0.5) is 0 Å². The molecule has 4 nitrogen and oxygen atoms in total. The molecule has 114 valence electrons. The molecule has 0 atom stereocenters. The van der Waals surface area contributed by atoms with Crippen molar-refractivity contribution in [3.8, 4) is 0 Å². The van der Waals surface area contributed by atoms with E-state index in [4.69, 9.17) is 10.2 Å². The zero-order valence-corrected chi connectivity index (χ0v) is 14.1. The van der Waals surface area contributed by atoms with Crippen molar-refractivity contribution < 1.29 is 14.9 Å². The second-order valence-electron chi connectivity index (χ2n) is 3.79. The molecule has 0 heterocycles. The van der Waals surface area contributed by atoms with Crippen LogP contribution in [0.3, 0.4) is 0 Å². The fourth-order valence-electron chi connectivity index (χ4n) is 0.900. The summed E-state index contributed by atoms with van der Waals surface area (Å²) >= 11 is 3.18. The summed E-state index contributed by atoms with van der Waals surface area (Å²) in [5.41, 5.74) is 0. The molecule has 0 rings (SSSR count). The minimum atomic E-state index is 0.274. The summed E-state index contributed by atoms with van der Waals surface area (Å²) < 4.78 is 4.64. The Morgan fingerprint density at radius 3 is 1.83 bits per heavy atom. The largest absolute Gasteiger partial charge is 0.396 e. The second-order valence-corrected chi connectivity index (χ2v) is 4.58. The summed E-state index contributed by atoms with van der Waals surface area (Å²) in [4.78, 5) is 2.11. The Morgan fingerprint density at radius 1 is 1.06 bits per heavy atom. The third kappa shape index (κ3) is 36.0. The normalized spacial score (nSPS) is 9.33. The van der Waals surface area contributed by atoms with Crippen molar-refractivity contribution in [3.63, 3.8) is 0 Å². The molecule has 0 unspecified atom stereocenters. The topological polar surface area (TPSA) is 52.9 Å². The number of alkyl halides is 1. The van der Waals surface area contributed by atoms with Gasteiger partial charge in [0.1, 0.15) is 0 Å². The highest BCUT2D eigenvalue weighted by Gasteiger charge is 1.91. The van der Waals surface area contributed by atoms with E-state index in [9.17, 15) is 0 Å². The predicted molar refractivity (Wildman–Crippen MR) is 82.5 cm³/mol. The Kier molecular flexibility index (Phi) is 33.8. The fourth-order valence-corrected chi connectivity index (χ4v) is 1.22. The van der Waals surface area contributed by atoms with Crippen LogP contribution in [0.2, 0.25) is 0 Å². The van der Waals surface area contributed by atoms with E-state index in [0.717, 1.165) is 44.3 Å². The highest BCUT2D eigenvalue weighted by atomic mass is 79.9. The van der Waals surface area contributed by atoms with E-state index < -0.39 is 0 Å². The number of aliphatic hydroxyl groups excluding tert-OH is 2. The number of nitrogens with zero attached hydrogens (tertiary/aromatic N) is 1. The number of methoxy groups -OCH3 is 1. The van der Waals surface area contributed by atoms with Gasteiger partial charge >= 0.3 is 0 Å². The molecule has 0 saturated carbocycles. The van der Waals surface area contributed by atoms with Crippen molar-refractivity contribution in [1.82, 2.24) is 4.90 Å². The van der Waals surface area contributed by atoms with Crippen LogP contribution in [0.1, 0.15) is 33.1 Å². The Labute approximate surface area is 121 Å². The minimum Gasteiger partial charge on any atom is -0.396 e. The molecule has 5 heteroatoms. The number of halogens is 1. The van der Waals surface area contributed by atoms with Gasteiger partial charge in [-0.25, -0.2) is 0 Å². The van der Waals surface area contributed by atoms with E-state index in [1.807, 2.05) is 7.05 Å². The summed E-state index contributed by atoms with van der Waals surface area (Å²) in [6, 6.07) is 0. The predicted octanol–water partition coefficient (Wildman–Crippen LogP) is 2.13. The Bertz CT molecular complexity index is 102. The SMILES string of the molecule is CCCCO.CCCN(C)CCO.COCCBr. The molecule has 0 aromatic rings. The molecule has 0 aliphatic carbocycles. The van der Waals surface area contributed by atoms with Crippen LogP contribution < -0.4 is 0 Å². The number of rotatable bonds is 8. The van der Waals surface area contributed by atoms with Gasteiger partial charge in [-0.2, -0.15) is 0 Å². The molecular weight excluding hydrogens is 298 g/mol. The first-order chi connectivity index (χ1) is 8.64. The van der Waals surface area contributed by atoms with Gasteiger partial charge in [-0.3, -0.25) is 0 Å². The molecule has 0 spiro atoms. The third-order valence-electron chi connectivity index (χ3n) is 1.88. The summed E-state index contributed by atoms with van der Waals surface area (Å²) in [6.07, 6.45) is 3.20. The van der Waals surface area contributed by atoms with Crippen molar-refractivity contribution in [3.05, 3.63) is 0 Å². The van der Waals surface area contributed by atoms with Crippen LogP contribution >= 0.6 is 15.9 Å². The molecule has 0 amide bonds. The summed E-state index contributed by atoms with van der Waals surface area (Å²) in [5, 5.41) is 17.4. The molecule has 0 radical (unpaired) electrons. The lowest BCUT2D eigenvalue weighted by molar-refractivity contribution is 0.219. The van der Waals surface area contributed by atoms with Gasteiger partial charge in [0.05, 0.1) is 13.2 Å². The van der Waals surface area contributed by atoms with E-state index in [-0.39, 0.29) is 6.61 Å². The highest BCUT2D eigenvalue weighted by Crippen LogP contribution is 1.82. The monoisotopic (exact) mass is 329 g/mol. The van der Waals surface area contributed by atoms with E-state index in [2.05, 4.69) is 39.4 Å². The maximum Gasteiger partial charge on any atom is 0.0559 e. The number of hydrogen-bond acceptors (Lipinski definition) is 4. The van der Waals surface area contributed by atoms with Crippen LogP contribution in [0.5, 0.6) is 0 Å². The Hall–Kier alpha value is 0.320. The van der Waals surface area contributed by atoms with Gasteiger partial charge in [-0.15, -0.1) is 0 Å². The van der Waals surface area contributed by atoms with Crippen LogP contribution in [0.25, 0.3) is 0 Å². The van der Waals surface area contributed by atoms with Gasteiger partial charge in [-0.05, 0) is 26.4 Å². The summed E-state index contributed by atoms with van der Waals surface area (Å²) in [6.45, 7) is 7.49. The zero-order chi connectivity index (χ0) is 14.6. The number of unbranched alkanes of at least 4 members (excludes halogenated alkanes) is 1. The summed E-state index contributed by atoms with van der Waals surface area (Å²) in [5.74, 6) is 0. The number of hydrogen-bond donors (Lipinski definition) is 2. The van der Waals surface area contributed by atoms with E-state index in [1.54, 1.807) is 7.11 Å². The minimum absolute atomic E-state index is 0.274. The molecule has 0 aromatic carbocycles. The van der Waals surface area contributed by atoms with E-state index in [1.165, 1.54) is 0 Å². The third-order valence-corrected chi connectivity index (χ3v) is 2.20. The molecular formula is C13H32BrNO3. The van der Waals surface area contributed by atoms with Crippen molar-refractivity contribution in [2.75, 3.05) is 52.4 Å². The first kappa shape index (κ1) is 23.4. The fraction of sp³-hybridized carbons (Fsp3) is 1.00. The smallest absolute Gasteiger partial charge is 0.0559 e. The lowest BCUT2D eigenvalue weighted by Gasteiger charge is -2.12. The Morgan fingerprint density at radius 2 is 1.67 bits per heavy atom. The zero-order valence-electron chi connectivity index (χ0n) is 12.5. The first-order valence-electron chi connectivity index (χ1n) is 6.59. The van der Waals surface area contributed by atoms with Crippen molar-refractivity contribution >= 4 is 15.9 Å². The van der Waals surface area contributed by atoms with Gasteiger partial charge < -0.3 is 19.8 Å².